The summed E-state index contributed by atoms with van der Waals surface area (Å²) < 4.78 is 5.82. The molecular formula is C26H28N4O3. The summed E-state index contributed by atoms with van der Waals surface area (Å²) in [5.41, 5.74) is 2.56. The lowest BCUT2D eigenvalue weighted by Crippen LogP contribution is -2.46. The Hall–Kier alpha value is -3.87. The number of carbonyl (C=O) groups excluding carboxylic acids is 2. The maximum Gasteiger partial charge on any atom is 0.321 e. The summed E-state index contributed by atoms with van der Waals surface area (Å²) in [4.78, 5) is 31.3. The molecule has 0 bridgehead atoms. The highest BCUT2D eigenvalue weighted by molar-refractivity contribution is 5.90. The number of benzene rings is 2. The lowest BCUT2D eigenvalue weighted by Gasteiger charge is -2.32. The molecule has 2 aromatic carbocycles. The van der Waals surface area contributed by atoms with Gasteiger partial charge in [-0.1, -0.05) is 36.4 Å². The lowest BCUT2D eigenvalue weighted by atomic mass is 9.97. The Bertz CT molecular complexity index is 1060. The minimum atomic E-state index is -0.219. The summed E-state index contributed by atoms with van der Waals surface area (Å²) in [6, 6.07) is 22.6. The average molecular weight is 445 g/mol. The van der Waals surface area contributed by atoms with E-state index in [4.69, 9.17) is 4.74 Å². The van der Waals surface area contributed by atoms with Gasteiger partial charge in [-0.25, -0.2) is 4.79 Å². The number of pyridine rings is 1. The van der Waals surface area contributed by atoms with Crippen molar-refractivity contribution >= 4 is 17.6 Å². The van der Waals surface area contributed by atoms with Gasteiger partial charge in [-0.2, -0.15) is 0 Å². The molecule has 7 nitrogen and oxygen atoms in total. The molecule has 1 fully saturated rings. The van der Waals surface area contributed by atoms with Gasteiger partial charge < -0.3 is 20.3 Å². The molecule has 2 heterocycles. The third-order valence-corrected chi connectivity index (χ3v) is 5.58. The second-order valence-corrected chi connectivity index (χ2v) is 8.06. The topological polar surface area (TPSA) is 83.6 Å². The SMILES string of the molecule is O=C(NCc1cccc(OCc2ccccn2)c1)C1CCCN(C(=O)Nc2ccccc2)C1. The number of anilines is 1. The van der Waals surface area contributed by atoms with Gasteiger partial charge in [-0.15, -0.1) is 0 Å². The molecule has 1 saturated heterocycles. The van der Waals surface area contributed by atoms with Crippen LogP contribution in [0.5, 0.6) is 5.75 Å². The van der Waals surface area contributed by atoms with Gasteiger partial charge in [-0.3, -0.25) is 9.78 Å². The van der Waals surface area contributed by atoms with Crippen LogP contribution in [0.15, 0.2) is 79.0 Å². The monoisotopic (exact) mass is 444 g/mol. The van der Waals surface area contributed by atoms with E-state index in [9.17, 15) is 9.59 Å². The van der Waals surface area contributed by atoms with Gasteiger partial charge in [0, 0.05) is 31.5 Å². The van der Waals surface area contributed by atoms with Crippen molar-refractivity contribution in [2.75, 3.05) is 18.4 Å². The number of para-hydroxylation sites is 1. The minimum absolute atomic E-state index is 0.0352. The number of hydrogen-bond acceptors (Lipinski definition) is 4. The minimum Gasteiger partial charge on any atom is -0.487 e. The van der Waals surface area contributed by atoms with Gasteiger partial charge in [0.25, 0.3) is 0 Å². The molecule has 1 aliphatic rings. The van der Waals surface area contributed by atoms with Crippen molar-refractivity contribution < 1.29 is 14.3 Å². The predicted molar refractivity (Wildman–Crippen MR) is 127 cm³/mol. The maximum atomic E-state index is 12.8. The van der Waals surface area contributed by atoms with Crippen LogP contribution in [0, 0.1) is 5.92 Å². The fraction of sp³-hybridized carbons (Fsp3) is 0.269. The van der Waals surface area contributed by atoms with Gasteiger partial charge in [0.05, 0.1) is 11.6 Å². The van der Waals surface area contributed by atoms with Crippen LogP contribution in [-0.2, 0) is 17.9 Å². The molecule has 1 unspecified atom stereocenters. The van der Waals surface area contributed by atoms with E-state index >= 15 is 0 Å². The van der Waals surface area contributed by atoms with Crippen molar-refractivity contribution in [3.05, 3.63) is 90.3 Å². The first-order valence-corrected chi connectivity index (χ1v) is 11.2. The van der Waals surface area contributed by atoms with Gasteiger partial charge >= 0.3 is 6.03 Å². The molecule has 33 heavy (non-hydrogen) atoms. The standard InChI is InChI=1S/C26H28N4O3/c31-25(21-9-7-15-30(18-21)26(32)29-22-10-2-1-3-11-22)28-17-20-8-6-13-24(16-20)33-19-23-12-4-5-14-27-23/h1-6,8,10-14,16,21H,7,9,15,17-19H2,(H,28,31)(H,29,32). The second kappa shape index (κ2) is 11.1. The number of piperidine rings is 1. The Kier molecular flexibility index (Phi) is 7.53. The van der Waals surface area contributed by atoms with Crippen LogP contribution in [0.3, 0.4) is 0 Å². The first-order valence-electron chi connectivity index (χ1n) is 11.2. The van der Waals surface area contributed by atoms with E-state index in [1.807, 2.05) is 72.8 Å². The third-order valence-electron chi connectivity index (χ3n) is 5.58. The van der Waals surface area contributed by atoms with E-state index in [-0.39, 0.29) is 17.9 Å². The Labute approximate surface area is 193 Å². The molecule has 170 valence electrons. The molecule has 1 aromatic heterocycles. The highest BCUT2D eigenvalue weighted by atomic mass is 16.5. The molecule has 0 saturated carbocycles. The summed E-state index contributed by atoms with van der Waals surface area (Å²) in [7, 11) is 0. The van der Waals surface area contributed by atoms with Crippen molar-refractivity contribution in [3.63, 3.8) is 0 Å². The van der Waals surface area contributed by atoms with E-state index in [0.717, 1.165) is 35.5 Å². The van der Waals surface area contributed by atoms with Crippen molar-refractivity contribution in [1.29, 1.82) is 0 Å². The summed E-state index contributed by atoms with van der Waals surface area (Å²) in [5.74, 6) is 0.477. The van der Waals surface area contributed by atoms with Crippen molar-refractivity contribution in [2.45, 2.75) is 26.0 Å². The molecule has 1 atom stereocenters. The molecule has 3 aromatic rings. The van der Waals surface area contributed by atoms with Gasteiger partial charge in [0.2, 0.25) is 5.91 Å². The summed E-state index contributed by atoms with van der Waals surface area (Å²) in [5, 5.41) is 5.91. The van der Waals surface area contributed by atoms with Crippen LogP contribution in [0.4, 0.5) is 10.5 Å². The number of carbonyl (C=O) groups is 2. The molecule has 1 aliphatic heterocycles. The summed E-state index contributed by atoms with van der Waals surface area (Å²) in [6.45, 7) is 1.86. The number of nitrogens with zero attached hydrogens (tertiary/aromatic N) is 2. The molecule has 3 amide bonds. The fourth-order valence-electron chi connectivity index (χ4n) is 3.82. The Morgan fingerprint density at radius 1 is 1.03 bits per heavy atom. The van der Waals surface area contributed by atoms with Crippen LogP contribution in [0.25, 0.3) is 0 Å². The van der Waals surface area contributed by atoms with Crippen LogP contribution >= 0.6 is 0 Å². The highest BCUT2D eigenvalue weighted by Gasteiger charge is 2.28. The van der Waals surface area contributed by atoms with Gasteiger partial charge in [0.15, 0.2) is 0 Å². The normalized spacial score (nSPS) is 15.5. The Balaban J connectivity index is 1.26. The van der Waals surface area contributed by atoms with Crippen LogP contribution < -0.4 is 15.4 Å². The second-order valence-electron chi connectivity index (χ2n) is 8.06. The summed E-state index contributed by atoms with van der Waals surface area (Å²) >= 11 is 0. The average Bonchev–Trinajstić information content (AvgIpc) is 2.87. The quantitative estimate of drug-likeness (QED) is 0.572. The molecule has 4 rings (SSSR count). The fourth-order valence-corrected chi connectivity index (χ4v) is 3.82. The van der Waals surface area contributed by atoms with Gasteiger partial charge in [-0.05, 0) is 54.8 Å². The largest absolute Gasteiger partial charge is 0.487 e. The Morgan fingerprint density at radius 2 is 1.88 bits per heavy atom. The van der Waals surface area contributed by atoms with Crippen molar-refractivity contribution in [1.82, 2.24) is 15.2 Å². The van der Waals surface area contributed by atoms with Crippen LogP contribution in [0.2, 0.25) is 0 Å². The maximum absolute atomic E-state index is 12.8. The van der Waals surface area contributed by atoms with E-state index in [0.29, 0.717) is 26.2 Å². The van der Waals surface area contributed by atoms with Crippen LogP contribution in [0.1, 0.15) is 24.1 Å². The number of rotatable bonds is 7. The number of hydrogen-bond donors (Lipinski definition) is 2. The molecule has 2 N–H and O–H groups in total. The zero-order valence-corrected chi connectivity index (χ0v) is 18.4. The van der Waals surface area contributed by atoms with Crippen molar-refractivity contribution in [3.8, 4) is 5.75 Å². The zero-order valence-electron chi connectivity index (χ0n) is 18.4. The number of amides is 3. The molecule has 7 heteroatoms. The van der Waals surface area contributed by atoms with Crippen molar-refractivity contribution in [2.24, 2.45) is 5.92 Å². The first kappa shape index (κ1) is 22.3. The van der Waals surface area contributed by atoms with E-state index in [1.165, 1.54) is 0 Å². The molecule has 0 aliphatic carbocycles. The molecule has 0 spiro atoms. The van der Waals surface area contributed by atoms with Crippen LogP contribution in [-0.4, -0.2) is 34.9 Å². The highest BCUT2D eigenvalue weighted by Crippen LogP contribution is 2.19. The van der Waals surface area contributed by atoms with E-state index in [1.54, 1.807) is 11.1 Å². The predicted octanol–water partition coefficient (Wildman–Crippen LogP) is 4.22. The number of aromatic nitrogens is 1. The first-order chi connectivity index (χ1) is 16.2. The smallest absolute Gasteiger partial charge is 0.321 e. The third kappa shape index (κ3) is 6.55. The number of nitrogens with one attached hydrogen (secondary N) is 2. The van der Waals surface area contributed by atoms with Gasteiger partial charge in [0.1, 0.15) is 12.4 Å². The van der Waals surface area contributed by atoms with E-state index < -0.39 is 0 Å². The van der Waals surface area contributed by atoms with E-state index in [2.05, 4.69) is 15.6 Å². The zero-order chi connectivity index (χ0) is 22.9. The number of ether oxygens (including phenoxy) is 1. The lowest BCUT2D eigenvalue weighted by molar-refractivity contribution is -0.126. The molecule has 0 radical (unpaired) electrons. The number of likely N-dealkylation sites (tertiary alicyclic amines) is 1. The Morgan fingerprint density at radius 3 is 2.70 bits per heavy atom. The number of urea groups is 1. The molecular weight excluding hydrogens is 416 g/mol. The summed E-state index contributed by atoms with van der Waals surface area (Å²) in [6.07, 6.45) is 3.31.